The molecule has 1 aromatic carbocycles. The Balaban J connectivity index is 2.68. The molecular weight excluding hydrogens is 198 g/mol. The summed E-state index contributed by atoms with van der Waals surface area (Å²) < 4.78 is 5.54. The quantitative estimate of drug-likeness (QED) is 0.829. The third kappa shape index (κ3) is 3.53. The van der Waals surface area contributed by atoms with Crippen molar-refractivity contribution in [2.75, 3.05) is 6.61 Å². The zero-order valence-electron chi connectivity index (χ0n) is 10.8. The van der Waals surface area contributed by atoms with Crippen molar-refractivity contribution < 1.29 is 4.74 Å². The first-order valence-electron chi connectivity index (χ1n) is 5.94. The van der Waals surface area contributed by atoms with Crippen LogP contribution in [0.15, 0.2) is 24.3 Å². The van der Waals surface area contributed by atoms with Crippen molar-refractivity contribution >= 4 is 0 Å². The highest BCUT2D eigenvalue weighted by atomic mass is 16.5. The van der Waals surface area contributed by atoms with Gasteiger partial charge in [0, 0.05) is 6.04 Å². The van der Waals surface area contributed by atoms with Crippen LogP contribution in [0.4, 0.5) is 0 Å². The molecule has 0 aromatic heterocycles. The molecule has 2 N–H and O–H groups in total. The fourth-order valence-corrected chi connectivity index (χ4v) is 1.43. The van der Waals surface area contributed by atoms with Crippen LogP contribution in [0.5, 0.6) is 5.75 Å². The monoisotopic (exact) mass is 221 g/mol. The van der Waals surface area contributed by atoms with Crippen molar-refractivity contribution in [1.82, 2.24) is 0 Å². The van der Waals surface area contributed by atoms with Gasteiger partial charge in [-0.15, -0.1) is 0 Å². The van der Waals surface area contributed by atoms with E-state index in [1.165, 1.54) is 5.56 Å². The van der Waals surface area contributed by atoms with Gasteiger partial charge in [-0.3, -0.25) is 0 Å². The number of rotatable bonds is 5. The van der Waals surface area contributed by atoms with E-state index in [4.69, 9.17) is 10.5 Å². The third-order valence-electron chi connectivity index (χ3n) is 3.03. The zero-order chi connectivity index (χ0) is 12.2. The maximum atomic E-state index is 5.64. The van der Waals surface area contributed by atoms with Crippen LogP contribution in [0, 0.1) is 0 Å². The Morgan fingerprint density at radius 3 is 2.25 bits per heavy atom. The molecule has 90 valence electrons. The van der Waals surface area contributed by atoms with Crippen LogP contribution in [0.2, 0.25) is 0 Å². The molecule has 1 aromatic rings. The minimum atomic E-state index is 0.0757. The lowest BCUT2D eigenvalue weighted by molar-refractivity contribution is 0.296. The first kappa shape index (κ1) is 13.0. The summed E-state index contributed by atoms with van der Waals surface area (Å²) in [5, 5.41) is 0. The molecule has 0 radical (unpaired) electrons. The number of benzene rings is 1. The summed E-state index contributed by atoms with van der Waals surface area (Å²) in [5.41, 5.74) is 7.22. The second-order valence-electron chi connectivity index (χ2n) is 5.05. The third-order valence-corrected chi connectivity index (χ3v) is 3.03. The van der Waals surface area contributed by atoms with Crippen molar-refractivity contribution in [3.63, 3.8) is 0 Å². The molecule has 0 aliphatic rings. The van der Waals surface area contributed by atoms with Crippen LogP contribution in [0.3, 0.4) is 0 Å². The average molecular weight is 221 g/mol. The molecule has 1 atom stereocenters. The Kier molecular flexibility index (Phi) is 4.36. The molecule has 0 unspecified atom stereocenters. The van der Waals surface area contributed by atoms with Gasteiger partial charge >= 0.3 is 0 Å². The summed E-state index contributed by atoms with van der Waals surface area (Å²) in [6, 6.07) is 8.40. The van der Waals surface area contributed by atoms with Gasteiger partial charge in [-0.2, -0.15) is 0 Å². The fraction of sp³-hybridized carbons (Fsp3) is 0.571. The Morgan fingerprint density at radius 2 is 1.81 bits per heavy atom. The van der Waals surface area contributed by atoms with E-state index in [1.807, 2.05) is 19.1 Å². The lowest BCUT2D eigenvalue weighted by atomic mass is 9.82. The summed E-state index contributed by atoms with van der Waals surface area (Å²) in [6.45, 7) is 9.22. The molecule has 2 heteroatoms. The summed E-state index contributed by atoms with van der Waals surface area (Å²) >= 11 is 0. The maximum absolute atomic E-state index is 5.64. The maximum Gasteiger partial charge on any atom is 0.119 e. The highest BCUT2D eigenvalue weighted by Crippen LogP contribution is 2.27. The highest BCUT2D eigenvalue weighted by Gasteiger charge is 2.17. The minimum Gasteiger partial charge on any atom is -0.492 e. The lowest BCUT2D eigenvalue weighted by Crippen LogP contribution is -2.23. The van der Waals surface area contributed by atoms with E-state index in [0.717, 1.165) is 12.2 Å². The Bertz CT molecular complexity index is 314. The molecule has 0 amide bonds. The molecule has 0 spiro atoms. The van der Waals surface area contributed by atoms with Crippen molar-refractivity contribution in [2.45, 2.75) is 45.6 Å². The van der Waals surface area contributed by atoms with E-state index in [1.54, 1.807) is 0 Å². The number of ether oxygens (including phenoxy) is 1. The highest BCUT2D eigenvalue weighted by molar-refractivity contribution is 5.31. The fourth-order valence-electron chi connectivity index (χ4n) is 1.43. The Labute approximate surface area is 98.8 Å². The first-order valence-corrected chi connectivity index (χ1v) is 5.94. The largest absolute Gasteiger partial charge is 0.492 e. The van der Waals surface area contributed by atoms with Crippen LogP contribution in [-0.4, -0.2) is 12.6 Å². The van der Waals surface area contributed by atoms with Crippen LogP contribution < -0.4 is 10.5 Å². The smallest absolute Gasteiger partial charge is 0.119 e. The second-order valence-corrected chi connectivity index (χ2v) is 5.05. The molecule has 0 heterocycles. The molecule has 0 saturated carbocycles. The van der Waals surface area contributed by atoms with Crippen molar-refractivity contribution in [3.8, 4) is 5.75 Å². The van der Waals surface area contributed by atoms with Gasteiger partial charge in [-0.05, 0) is 36.5 Å². The van der Waals surface area contributed by atoms with Crippen LogP contribution in [0.25, 0.3) is 0 Å². The summed E-state index contributed by atoms with van der Waals surface area (Å²) in [7, 11) is 0. The molecule has 0 bridgehead atoms. The van der Waals surface area contributed by atoms with Crippen LogP contribution in [-0.2, 0) is 5.41 Å². The van der Waals surface area contributed by atoms with E-state index < -0.39 is 0 Å². The number of hydrogen-bond donors (Lipinski definition) is 1. The van der Waals surface area contributed by atoms with Gasteiger partial charge in [0.2, 0.25) is 0 Å². The van der Waals surface area contributed by atoms with Crippen LogP contribution in [0.1, 0.15) is 39.7 Å². The van der Waals surface area contributed by atoms with Gasteiger partial charge in [0.1, 0.15) is 12.4 Å². The molecule has 0 aliphatic carbocycles. The molecule has 0 fully saturated rings. The van der Waals surface area contributed by atoms with Gasteiger partial charge in [0.05, 0.1) is 0 Å². The topological polar surface area (TPSA) is 35.2 Å². The number of nitrogens with two attached hydrogens (primary N) is 1. The standard InChI is InChI=1S/C14H23NO/c1-5-14(3,4)12-6-8-13(9-7-12)16-10-11(2)15/h6-9,11H,5,10,15H2,1-4H3/t11-/m1/s1. The van der Waals surface area contributed by atoms with Crippen LogP contribution >= 0.6 is 0 Å². The predicted molar refractivity (Wildman–Crippen MR) is 68.9 cm³/mol. The lowest BCUT2D eigenvalue weighted by Gasteiger charge is -2.23. The van der Waals surface area contributed by atoms with E-state index in [-0.39, 0.29) is 11.5 Å². The molecule has 16 heavy (non-hydrogen) atoms. The minimum absolute atomic E-state index is 0.0757. The first-order chi connectivity index (χ1) is 7.45. The molecule has 0 aliphatic heterocycles. The zero-order valence-corrected chi connectivity index (χ0v) is 10.8. The van der Waals surface area contributed by atoms with Gasteiger partial charge in [0.15, 0.2) is 0 Å². The molecule has 0 saturated heterocycles. The van der Waals surface area contributed by atoms with Crippen molar-refractivity contribution in [3.05, 3.63) is 29.8 Å². The Morgan fingerprint density at radius 1 is 1.25 bits per heavy atom. The molecular formula is C14H23NO. The van der Waals surface area contributed by atoms with Crippen molar-refractivity contribution in [2.24, 2.45) is 5.73 Å². The van der Waals surface area contributed by atoms with Gasteiger partial charge < -0.3 is 10.5 Å². The summed E-state index contributed by atoms with van der Waals surface area (Å²) in [4.78, 5) is 0. The van der Waals surface area contributed by atoms with E-state index >= 15 is 0 Å². The summed E-state index contributed by atoms with van der Waals surface area (Å²) in [5.74, 6) is 0.896. The Hall–Kier alpha value is -1.02. The van der Waals surface area contributed by atoms with Gasteiger partial charge in [0.25, 0.3) is 0 Å². The number of hydrogen-bond acceptors (Lipinski definition) is 2. The average Bonchev–Trinajstić information content (AvgIpc) is 2.27. The van der Waals surface area contributed by atoms with E-state index in [0.29, 0.717) is 6.61 Å². The van der Waals surface area contributed by atoms with Gasteiger partial charge in [-0.1, -0.05) is 32.9 Å². The van der Waals surface area contributed by atoms with E-state index in [2.05, 4.69) is 32.9 Å². The molecule has 1 rings (SSSR count). The van der Waals surface area contributed by atoms with E-state index in [9.17, 15) is 0 Å². The SMILES string of the molecule is CCC(C)(C)c1ccc(OC[C@@H](C)N)cc1. The predicted octanol–water partition coefficient (Wildman–Crippen LogP) is 3.10. The van der Waals surface area contributed by atoms with Gasteiger partial charge in [-0.25, -0.2) is 0 Å². The second kappa shape index (κ2) is 5.35. The molecule has 2 nitrogen and oxygen atoms in total. The summed E-state index contributed by atoms with van der Waals surface area (Å²) in [6.07, 6.45) is 1.13. The normalized spacial score (nSPS) is 13.6. The van der Waals surface area contributed by atoms with Crippen molar-refractivity contribution in [1.29, 1.82) is 0 Å².